The molecule has 0 N–H and O–H groups in total. The lowest BCUT2D eigenvalue weighted by Crippen LogP contribution is -2.01. The summed E-state index contributed by atoms with van der Waals surface area (Å²) in [5, 5.41) is 0. The molecule has 0 unspecified atom stereocenters. The van der Waals surface area contributed by atoms with Crippen molar-refractivity contribution < 1.29 is 8.78 Å². The summed E-state index contributed by atoms with van der Waals surface area (Å²) in [7, 11) is 0. The monoisotopic (exact) mass is 345 g/mol. The predicted octanol–water partition coefficient (Wildman–Crippen LogP) is 5.15. The molecule has 0 bridgehead atoms. The molecule has 4 aromatic rings. The van der Waals surface area contributed by atoms with Crippen molar-refractivity contribution in [3.8, 4) is 34.2 Å². The molecule has 0 spiro atoms. The van der Waals surface area contributed by atoms with E-state index >= 15 is 0 Å². The van der Waals surface area contributed by atoms with Crippen LogP contribution in [0.15, 0.2) is 78.9 Å². The average Bonchev–Trinajstić information content (AvgIpc) is 2.69. The van der Waals surface area contributed by atoms with Gasteiger partial charge < -0.3 is 0 Å². The van der Waals surface area contributed by atoms with E-state index in [1.54, 1.807) is 0 Å². The number of aromatic nitrogens is 3. The van der Waals surface area contributed by atoms with E-state index in [-0.39, 0.29) is 11.4 Å². The third-order valence-corrected chi connectivity index (χ3v) is 3.87. The zero-order chi connectivity index (χ0) is 17.9. The molecule has 0 saturated heterocycles. The molecule has 126 valence electrons. The van der Waals surface area contributed by atoms with Crippen LogP contribution >= 0.6 is 0 Å². The molecule has 0 atom stereocenters. The van der Waals surface area contributed by atoms with Crippen LogP contribution in [0, 0.1) is 11.6 Å². The first-order valence-electron chi connectivity index (χ1n) is 8.03. The molecule has 0 amide bonds. The molecule has 5 heteroatoms. The van der Waals surface area contributed by atoms with Crippen LogP contribution in [0.3, 0.4) is 0 Å². The summed E-state index contributed by atoms with van der Waals surface area (Å²) in [6.45, 7) is 0. The number of hydrogen-bond acceptors (Lipinski definition) is 3. The molecule has 0 fully saturated rings. The van der Waals surface area contributed by atoms with Crippen LogP contribution in [0.4, 0.5) is 8.78 Å². The van der Waals surface area contributed by atoms with Gasteiger partial charge in [0.1, 0.15) is 11.6 Å². The average molecular weight is 345 g/mol. The highest BCUT2D eigenvalue weighted by Crippen LogP contribution is 2.26. The lowest BCUT2D eigenvalue weighted by atomic mass is 10.1. The van der Waals surface area contributed by atoms with Crippen molar-refractivity contribution in [1.29, 1.82) is 0 Å². The van der Waals surface area contributed by atoms with E-state index in [9.17, 15) is 8.78 Å². The van der Waals surface area contributed by atoms with Gasteiger partial charge in [-0.2, -0.15) is 0 Å². The van der Waals surface area contributed by atoms with Gasteiger partial charge in [-0.15, -0.1) is 0 Å². The number of halogens is 2. The summed E-state index contributed by atoms with van der Waals surface area (Å²) < 4.78 is 27.5. The Bertz CT molecular complexity index is 994. The minimum absolute atomic E-state index is 0.128. The van der Waals surface area contributed by atoms with Crippen LogP contribution in [0.5, 0.6) is 0 Å². The topological polar surface area (TPSA) is 38.7 Å². The van der Waals surface area contributed by atoms with Crippen molar-refractivity contribution in [3.05, 3.63) is 90.5 Å². The Morgan fingerprint density at radius 3 is 1.54 bits per heavy atom. The summed E-state index contributed by atoms with van der Waals surface area (Å²) >= 11 is 0. The molecule has 0 aliphatic carbocycles. The van der Waals surface area contributed by atoms with Crippen LogP contribution in [-0.4, -0.2) is 15.0 Å². The van der Waals surface area contributed by atoms with Crippen molar-refractivity contribution in [1.82, 2.24) is 15.0 Å². The Morgan fingerprint density at radius 1 is 0.538 bits per heavy atom. The van der Waals surface area contributed by atoms with Crippen LogP contribution in [-0.2, 0) is 0 Å². The third-order valence-electron chi connectivity index (χ3n) is 3.87. The van der Waals surface area contributed by atoms with E-state index in [1.165, 1.54) is 12.1 Å². The number of rotatable bonds is 3. The van der Waals surface area contributed by atoms with Gasteiger partial charge in [0, 0.05) is 17.2 Å². The minimum Gasteiger partial charge on any atom is -0.208 e. The second-order valence-electron chi connectivity index (χ2n) is 5.66. The largest absolute Gasteiger partial charge is 0.208 e. The van der Waals surface area contributed by atoms with Crippen molar-refractivity contribution in [2.45, 2.75) is 0 Å². The van der Waals surface area contributed by atoms with Crippen molar-refractivity contribution in [2.24, 2.45) is 0 Å². The third kappa shape index (κ3) is 3.19. The number of hydrogen-bond donors (Lipinski definition) is 0. The first-order chi connectivity index (χ1) is 12.7. The smallest absolute Gasteiger partial charge is 0.167 e. The Balaban J connectivity index is 1.94. The second-order valence-corrected chi connectivity index (χ2v) is 5.66. The van der Waals surface area contributed by atoms with Crippen molar-refractivity contribution >= 4 is 0 Å². The first-order valence-corrected chi connectivity index (χ1v) is 8.03. The van der Waals surface area contributed by atoms with Crippen molar-refractivity contribution in [2.75, 3.05) is 0 Å². The van der Waals surface area contributed by atoms with E-state index in [2.05, 4.69) is 15.0 Å². The van der Waals surface area contributed by atoms with Gasteiger partial charge >= 0.3 is 0 Å². The predicted molar refractivity (Wildman–Crippen MR) is 96.1 cm³/mol. The molecular formula is C21H13F2N3. The molecule has 0 aliphatic heterocycles. The molecule has 26 heavy (non-hydrogen) atoms. The molecular weight excluding hydrogens is 332 g/mol. The molecule has 1 aromatic heterocycles. The van der Waals surface area contributed by atoms with Gasteiger partial charge in [-0.3, -0.25) is 0 Å². The summed E-state index contributed by atoms with van der Waals surface area (Å²) in [5.41, 5.74) is 1.70. The normalized spacial score (nSPS) is 10.7. The minimum atomic E-state index is -0.714. The Labute approximate surface area is 149 Å². The van der Waals surface area contributed by atoms with Gasteiger partial charge in [0.25, 0.3) is 0 Å². The Morgan fingerprint density at radius 2 is 1.04 bits per heavy atom. The van der Waals surface area contributed by atoms with Crippen LogP contribution in [0.25, 0.3) is 34.2 Å². The summed E-state index contributed by atoms with van der Waals surface area (Å²) in [4.78, 5) is 13.3. The van der Waals surface area contributed by atoms with E-state index in [1.807, 2.05) is 60.7 Å². The van der Waals surface area contributed by atoms with E-state index in [4.69, 9.17) is 0 Å². The lowest BCUT2D eigenvalue weighted by Gasteiger charge is -2.08. The van der Waals surface area contributed by atoms with Crippen LogP contribution in [0.1, 0.15) is 0 Å². The number of nitrogens with zero attached hydrogens (tertiary/aromatic N) is 3. The van der Waals surface area contributed by atoms with Gasteiger partial charge in [-0.25, -0.2) is 23.7 Å². The summed E-state index contributed by atoms with van der Waals surface area (Å²) in [5.74, 6) is -0.340. The van der Waals surface area contributed by atoms with Crippen LogP contribution in [0.2, 0.25) is 0 Å². The molecule has 0 saturated carbocycles. The highest BCUT2D eigenvalue weighted by atomic mass is 19.1. The van der Waals surface area contributed by atoms with Gasteiger partial charge in [0.2, 0.25) is 0 Å². The quantitative estimate of drug-likeness (QED) is 0.515. The van der Waals surface area contributed by atoms with Gasteiger partial charge in [0.05, 0.1) is 5.56 Å². The number of benzene rings is 3. The Hall–Kier alpha value is -3.47. The standard InChI is InChI=1S/C21H13F2N3/c22-16-11-12-17(18(23)13-16)21-25-19(14-7-3-1-4-8-14)24-20(26-21)15-9-5-2-6-10-15/h1-13H. The highest BCUT2D eigenvalue weighted by Gasteiger charge is 2.15. The van der Waals surface area contributed by atoms with E-state index < -0.39 is 11.6 Å². The van der Waals surface area contributed by atoms with Gasteiger partial charge in [-0.1, -0.05) is 60.7 Å². The maximum atomic E-state index is 14.3. The summed E-state index contributed by atoms with van der Waals surface area (Å²) in [6.07, 6.45) is 0. The molecule has 0 aliphatic rings. The fraction of sp³-hybridized carbons (Fsp3) is 0. The first kappa shape index (κ1) is 16.0. The van der Waals surface area contributed by atoms with Crippen LogP contribution < -0.4 is 0 Å². The maximum Gasteiger partial charge on any atom is 0.167 e. The molecule has 3 aromatic carbocycles. The van der Waals surface area contributed by atoms with E-state index in [0.717, 1.165) is 17.2 Å². The second kappa shape index (κ2) is 6.80. The molecule has 1 heterocycles. The van der Waals surface area contributed by atoms with Crippen molar-refractivity contribution in [3.63, 3.8) is 0 Å². The summed E-state index contributed by atoms with van der Waals surface area (Å²) in [6, 6.07) is 22.1. The molecule has 3 nitrogen and oxygen atoms in total. The highest BCUT2D eigenvalue weighted by molar-refractivity contribution is 5.66. The fourth-order valence-electron chi connectivity index (χ4n) is 2.60. The van der Waals surface area contributed by atoms with Gasteiger partial charge in [-0.05, 0) is 12.1 Å². The van der Waals surface area contributed by atoms with Gasteiger partial charge in [0.15, 0.2) is 17.5 Å². The molecule has 0 radical (unpaired) electrons. The van der Waals surface area contributed by atoms with E-state index in [0.29, 0.717) is 11.6 Å². The SMILES string of the molecule is Fc1ccc(-c2nc(-c3ccccc3)nc(-c3ccccc3)n2)c(F)c1. The maximum absolute atomic E-state index is 14.3. The molecule has 4 rings (SSSR count). The zero-order valence-electron chi connectivity index (χ0n) is 13.6. The fourth-order valence-corrected chi connectivity index (χ4v) is 2.60. The Kier molecular flexibility index (Phi) is 4.19. The lowest BCUT2D eigenvalue weighted by molar-refractivity contribution is 0.585. The zero-order valence-corrected chi connectivity index (χ0v) is 13.6.